The number of hydrazine groups is 1. The van der Waals surface area contributed by atoms with Crippen LogP contribution in [0.2, 0.25) is 0 Å². The Hall–Kier alpha value is -1.85. The van der Waals surface area contributed by atoms with E-state index in [9.17, 15) is 14.0 Å². The van der Waals surface area contributed by atoms with Crippen LogP contribution < -0.4 is 5.46 Å². The molecule has 5 rings (SSSR count). The molecule has 0 aromatic heterocycles. The lowest BCUT2D eigenvalue weighted by Crippen LogP contribution is -2.79. The summed E-state index contributed by atoms with van der Waals surface area (Å²) in [5, 5.41) is 3.36. The zero-order valence-corrected chi connectivity index (χ0v) is 16.2. The fraction of sp³-hybridized carbons (Fsp3) is 0.619. The van der Waals surface area contributed by atoms with Crippen molar-refractivity contribution < 1.29 is 14.0 Å². The van der Waals surface area contributed by atoms with E-state index in [0.717, 1.165) is 36.1 Å². The van der Waals surface area contributed by atoms with Gasteiger partial charge in [0.25, 0.3) is 11.8 Å². The first-order chi connectivity index (χ1) is 12.8. The first kappa shape index (κ1) is 17.3. The minimum absolute atomic E-state index is 0.0222. The number of hydrogen-bond acceptors (Lipinski definition) is 2. The Morgan fingerprint density at radius 2 is 1.89 bits per heavy atom. The Bertz CT molecular complexity index is 841. The van der Waals surface area contributed by atoms with Crippen molar-refractivity contribution in [2.24, 2.45) is 23.7 Å². The van der Waals surface area contributed by atoms with Crippen LogP contribution in [-0.4, -0.2) is 41.3 Å². The van der Waals surface area contributed by atoms with Gasteiger partial charge in [0.15, 0.2) is 0 Å². The topological polar surface area (TPSA) is 40.6 Å². The molecule has 3 aliphatic carbocycles. The van der Waals surface area contributed by atoms with Gasteiger partial charge in [0, 0.05) is 5.56 Å². The number of carbonyl (C=O) groups excluding carboxylic acids is 2. The maximum Gasteiger partial charge on any atom is 0.273 e. The van der Waals surface area contributed by atoms with E-state index in [1.54, 1.807) is 29.9 Å². The lowest BCUT2D eigenvalue weighted by Gasteiger charge is -2.59. The Balaban J connectivity index is 1.48. The number of benzene rings is 1. The molecule has 0 N–H and O–H groups in total. The molecule has 6 heteroatoms. The molecular weight excluding hydrogens is 342 g/mol. The lowest BCUT2D eigenvalue weighted by molar-refractivity contribution is -0.213. The van der Waals surface area contributed by atoms with Crippen LogP contribution in [0.3, 0.4) is 0 Å². The fourth-order valence-corrected chi connectivity index (χ4v) is 6.28. The number of carbonyl (C=O) groups is 2. The molecule has 1 aliphatic heterocycles. The first-order valence-corrected chi connectivity index (χ1v) is 10.2. The number of rotatable bonds is 2. The first-order valence-electron chi connectivity index (χ1n) is 10.2. The summed E-state index contributed by atoms with van der Waals surface area (Å²) in [4.78, 5) is 26.4. The summed E-state index contributed by atoms with van der Waals surface area (Å²) in [7, 11) is 1.81. The molecule has 5 atom stereocenters. The predicted molar refractivity (Wildman–Crippen MR) is 103 cm³/mol. The molecule has 4 aliphatic rings. The molecule has 1 heterocycles. The summed E-state index contributed by atoms with van der Waals surface area (Å²) < 4.78 is 13.8. The number of nitrogens with zero attached hydrogens (tertiary/aromatic N) is 2. The van der Waals surface area contributed by atoms with Crippen molar-refractivity contribution in [1.82, 2.24) is 10.0 Å². The van der Waals surface area contributed by atoms with E-state index >= 15 is 0 Å². The molecule has 142 valence electrons. The van der Waals surface area contributed by atoms with Gasteiger partial charge in [-0.15, -0.1) is 0 Å². The largest absolute Gasteiger partial charge is 0.273 e. The second-order valence-corrected chi connectivity index (χ2v) is 9.58. The maximum absolute atomic E-state index is 13.8. The number of fused-ring (bicyclic) bond motifs is 1. The van der Waals surface area contributed by atoms with E-state index in [2.05, 4.69) is 0 Å². The van der Waals surface area contributed by atoms with Gasteiger partial charge in [0.2, 0.25) is 0 Å². The molecule has 0 radical (unpaired) electrons. The van der Waals surface area contributed by atoms with E-state index in [1.807, 2.05) is 7.85 Å². The third-order valence-electron chi connectivity index (χ3n) is 7.79. The molecule has 5 unspecified atom stereocenters. The van der Waals surface area contributed by atoms with Gasteiger partial charge in [-0.1, -0.05) is 11.5 Å². The van der Waals surface area contributed by atoms with Crippen LogP contribution in [0, 0.1) is 29.5 Å². The summed E-state index contributed by atoms with van der Waals surface area (Å²) in [5.74, 6) is 2.34. The van der Waals surface area contributed by atoms with Crippen LogP contribution in [0.4, 0.5) is 4.39 Å². The third kappa shape index (κ3) is 2.28. The summed E-state index contributed by atoms with van der Waals surface area (Å²) in [6, 6.07) is 4.40. The predicted octanol–water partition coefficient (Wildman–Crippen LogP) is 1.89. The fourth-order valence-electron chi connectivity index (χ4n) is 6.28. The van der Waals surface area contributed by atoms with Gasteiger partial charge < -0.3 is 0 Å². The highest BCUT2D eigenvalue weighted by Crippen LogP contribution is 2.59. The molecular formula is C21H26BFN2O2. The van der Waals surface area contributed by atoms with Crippen molar-refractivity contribution in [1.29, 1.82) is 0 Å². The van der Waals surface area contributed by atoms with Gasteiger partial charge in [-0.3, -0.25) is 9.59 Å². The Labute approximate surface area is 160 Å². The highest BCUT2D eigenvalue weighted by molar-refractivity contribution is 6.36. The number of hydrogen-bond donors (Lipinski definition) is 0. The molecule has 4 fully saturated rings. The van der Waals surface area contributed by atoms with Gasteiger partial charge in [-0.2, -0.15) is 0 Å². The Kier molecular flexibility index (Phi) is 3.57. The SMILES string of the molecule is Bc1ccc(F)cc1C(=O)N1N(C2CCC3CC4CC2CC34)C(=O)C1(C)C. The van der Waals surface area contributed by atoms with Crippen molar-refractivity contribution in [3.05, 3.63) is 29.6 Å². The van der Waals surface area contributed by atoms with E-state index in [-0.39, 0.29) is 17.9 Å². The van der Waals surface area contributed by atoms with Crippen LogP contribution in [0.15, 0.2) is 18.2 Å². The summed E-state index contributed by atoms with van der Waals surface area (Å²) in [6.07, 6.45) is 5.89. The minimum atomic E-state index is -0.872. The average molecular weight is 368 g/mol. The van der Waals surface area contributed by atoms with Crippen molar-refractivity contribution in [2.75, 3.05) is 0 Å². The van der Waals surface area contributed by atoms with Crippen LogP contribution in [0.1, 0.15) is 56.3 Å². The highest BCUT2D eigenvalue weighted by Gasteiger charge is 2.61. The highest BCUT2D eigenvalue weighted by atomic mass is 19.1. The van der Waals surface area contributed by atoms with E-state index < -0.39 is 11.4 Å². The molecule has 27 heavy (non-hydrogen) atoms. The van der Waals surface area contributed by atoms with Crippen molar-refractivity contribution in [3.63, 3.8) is 0 Å². The van der Waals surface area contributed by atoms with Crippen LogP contribution >= 0.6 is 0 Å². The normalized spacial score (nSPS) is 36.1. The van der Waals surface area contributed by atoms with Crippen molar-refractivity contribution in [2.45, 2.75) is 57.5 Å². The molecule has 2 bridgehead atoms. The van der Waals surface area contributed by atoms with Crippen LogP contribution in [-0.2, 0) is 4.79 Å². The molecule has 1 aromatic rings. The second kappa shape index (κ2) is 5.58. The molecule has 4 nitrogen and oxygen atoms in total. The van der Waals surface area contributed by atoms with Crippen LogP contribution in [0.5, 0.6) is 0 Å². The average Bonchev–Trinajstić information content (AvgIpc) is 2.86. The maximum atomic E-state index is 13.8. The van der Waals surface area contributed by atoms with E-state index in [0.29, 0.717) is 11.5 Å². The quantitative estimate of drug-likeness (QED) is 0.748. The molecule has 1 aromatic carbocycles. The van der Waals surface area contributed by atoms with Gasteiger partial charge in [0.05, 0.1) is 6.04 Å². The monoisotopic (exact) mass is 368 g/mol. The van der Waals surface area contributed by atoms with E-state index in [1.165, 1.54) is 31.4 Å². The molecule has 2 amide bonds. The summed E-state index contributed by atoms with van der Waals surface area (Å²) >= 11 is 0. The standard InChI is InChI=1S/C21H26BFN2O2/c1-21(2)20(27)24(18-6-3-11-7-12-8-13(18)9-15(11)12)25(21)19(26)16-10-14(23)4-5-17(16)22/h4-5,10-13,15,18H,3,6-9,22H2,1-2H3. The van der Waals surface area contributed by atoms with Crippen LogP contribution in [0.25, 0.3) is 0 Å². The molecule has 1 saturated heterocycles. The second-order valence-electron chi connectivity index (χ2n) is 9.58. The Morgan fingerprint density at radius 1 is 1.15 bits per heavy atom. The zero-order valence-electron chi connectivity index (χ0n) is 16.2. The summed E-state index contributed by atoms with van der Waals surface area (Å²) in [6.45, 7) is 3.59. The van der Waals surface area contributed by atoms with Crippen molar-refractivity contribution >= 4 is 25.1 Å². The van der Waals surface area contributed by atoms with Crippen molar-refractivity contribution in [3.8, 4) is 0 Å². The lowest BCUT2D eigenvalue weighted by atomic mass is 9.64. The molecule has 3 saturated carbocycles. The van der Waals surface area contributed by atoms with E-state index in [4.69, 9.17) is 0 Å². The Morgan fingerprint density at radius 3 is 2.67 bits per heavy atom. The van der Waals surface area contributed by atoms with Gasteiger partial charge in [0.1, 0.15) is 19.2 Å². The third-order valence-corrected chi connectivity index (χ3v) is 7.79. The minimum Gasteiger partial charge on any atom is -0.270 e. The smallest absolute Gasteiger partial charge is 0.270 e. The summed E-state index contributed by atoms with van der Waals surface area (Å²) in [5.41, 5.74) is 0.212. The van der Waals surface area contributed by atoms with Gasteiger partial charge in [-0.25, -0.2) is 14.4 Å². The molecule has 0 spiro atoms. The number of halogens is 1. The van der Waals surface area contributed by atoms with Gasteiger partial charge >= 0.3 is 0 Å². The zero-order chi connectivity index (χ0) is 19.1. The van der Waals surface area contributed by atoms with Gasteiger partial charge in [-0.05, 0) is 81.8 Å². The number of amides is 2.